The van der Waals surface area contributed by atoms with Crippen molar-refractivity contribution in [1.82, 2.24) is 0 Å². The van der Waals surface area contributed by atoms with Crippen molar-refractivity contribution < 1.29 is 13.0 Å². The normalized spacial score (nSPS) is 11.4. The number of aliphatic carboxylic acids is 1. The van der Waals surface area contributed by atoms with Crippen molar-refractivity contribution in [3.05, 3.63) is 45.0 Å². The number of benzene rings is 1. The van der Waals surface area contributed by atoms with Crippen molar-refractivity contribution in [3.63, 3.8) is 0 Å². The lowest BCUT2D eigenvalue weighted by Crippen LogP contribution is -2.04. The second kappa shape index (κ2) is 18.7. The summed E-state index contributed by atoms with van der Waals surface area (Å²) in [4.78, 5) is 11.0. The molecule has 3 nitrogen and oxygen atoms in total. The van der Waals surface area contributed by atoms with E-state index in [9.17, 15) is 7.86 Å². The molecule has 0 amide bonds. The molecule has 1 N–H and O–H groups in total. The molecule has 0 heterocycles. The van der Waals surface area contributed by atoms with E-state index in [2.05, 4.69) is 19.1 Å². The zero-order valence-electron chi connectivity index (χ0n) is 18.8. The van der Waals surface area contributed by atoms with Gasteiger partial charge in [0.2, 0.25) is 0 Å². The first-order valence-electron chi connectivity index (χ1n) is 11.9. The maximum absolute atomic E-state index is 11.6. The molecule has 0 bridgehead atoms. The van der Waals surface area contributed by atoms with Gasteiger partial charge in [0.05, 0.1) is 9.99 Å². The highest BCUT2D eigenvalue weighted by Crippen LogP contribution is 2.23. The van der Waals surface area contributed by atoms with Gasteiger partial charge in [0.15, 0.2) is 21.2 Å². The van der Waals surface area contributed by atoms with Crippen LogP contribution < -0.4 is 0 Å². The summed E-state index contributed by atoms with van der Waals surface area (Å²) in [7, 11) is 0. The van der Waals surface area contributed by atoms with Gasteiger partial charge in [0.1, 0.15) is 0 Å². The summed E-state index contributed by atoms with van der Waals surface area (Å²) in [6.45, 7) is 2.27. The predicted octanol–water partition coefficient (Wildman–Crippen LogP) is 8.38. The van der Waals surface area contributed by atoms with E-state index in [-0.39, 0.29) is 6.42 Å². The van der Waals surface area contributed by atoms with Gasteiger partial charge in [-0.1, -0.05) is 95.1 Å². The molecule has 30 heavy (non-hydrogen) atoms. The molecule has 0 aliphatic carbocycles. The van der Waals surface area contributed by atoms with Gasteiger partial charge < -0.3 is 5.11 Å². The first-order valence-corrected chi connectivity index (χ1v) is 13.9. The van der Waals surface area contributed by atoms with Crippen molar-refractivity contribution in [2.75, 3.05) is 0 Å². The van der Waals surface area contributed by atoms with Gasteiger partial charge in [-0.25, -0.2) is 0 Å². The van der Waals surface area contributed by atoms with Gasteiger partial charge in [-0.2, -0.15) is 0 Å². The van der Waals surface area contributed by atoms with E-state index in [1.54, 1.807) is 6.07 Å². The van der Waals surface area contributed by atoms with E-state index < -0.39 is 27.2 Å². The Kier molecular flexibility index (Phi) is 16.8. The van der Waals surface area contributed by atoms with Crippen molar-refractivity contribution in [3.8, 4) is 0 Å². The summed E-state index contributed by atoms with van der Waals surface area (Å²) in [6, 6.07) is 5.70. The molecule has 0 fully saturated rings. The Hall–Kier alpha value is -1.04. The zero-order chi connectivity index (χ0) is 21.9. The second-order valence-electron chi connectivity index (χ2n) is 8.23. The molecule has 0 saturated carbocycles. The summed E-state index contributed by atoms with van der Waals surface area (Å²) in [5, 5.41) is 9.01. The Bertz CT molecular complexity index is 625. The van der Waals surface area contributed by atoms with Crippen LogP contribution in [0.2, 0.25) is 0 Å². The number of halogens is 1. The maximum Gasteiger partial charge on any atom is 0.307 e. The van der Waals surface area contributed by atoms with Crippen molar-refractivity contribution >= 4 is 27.2 Å². The molecule has 0 radical (unpaired) electrons. The number of rotatable bonds is 19. The highest BCUT2D eigenvalue weighted by atomic mass is 127. The van der Waals surface area contributed by atoms with Crippen LogP contribution >= 0.6 is 21.2 Å². The van der Waals surface area contributed by atoms with Crippen LogP contribution in [0.1, 0.15) is 108 Å². The lowest BCUT2D eigenvalue weighted by Gasteiger charge is -2.08. The fourth-order valence-electron chi connectivity index (χ4n) is 3.79. The van der Waals surface area contributed by atoms with E-state index in [1.807, 2.05) is 12.1 Å². The molecular formula is C26H41IO3. The number of hydrogen-bond donors (Lipinski definition) is 1. The van der Waals surface area contributed by atoms with Gasteiger partial charge in [0.25, 0.3) is 0 Å². The number of carboxylic acids is 1. The minimum atomic E-state index is -1.34. The SMILES string of the molecule is CCCCCCCCCCC=CCCCCCCc1cccc(CC(=O)O)c1I=O. The second-order valence-corrected chi connectivity index (χ2v) is 9.74. The molecule has 170 valence electrons. The summed E-state index contributed by atoms with van der Waals surface area (Å²) in [5.41, 5.74) is 1.81. The van der Waals surface area contributed by atoms with E-state index in [1.165, 1.54) is 83.5 Å². The standard InChI is InChI=1S/C26H41IO3/c1-2-3-4-5-6-7-8-9-10-11-12-13-14-15-16-17-19-23-20-18-21-24(22-25(28)29)26(23)27-30/h11-12,18,20-21H,2-10,13-17,19,22H2,1H3,(H,28,29). The summed E-state index contributed by atoms with van der Waals surface area (Å²) >= 11 is -1.34. The molecule has 0 spiro atoms. The quantitative estimate of drug-likeness (QED) is 0.111. The monoisotopic (exact) mass is 528 g/mol. The van der Waals surface area contributed by atoms with E-state index in [0.29, 0.717) is 0 Å². The molecule has 0 aliphatic rings. The zero-order valence-corrected chi connectivity index (χ0v) is 21.0. The molecule has 1 rings (SSSR count). The summed E-state index contributed by atoms with van der Waals surface area (Å²) in [6.07, 6.45) is 23.7. The molecule has 0 atom stereocenters. The number of allylic oxidation sites excluding steroid dienone is 2. The van der Waals surface area contributed by atoms with Crippen molar-refractivity contribution in [1.29, 1.82) is 0 Å². The Balaban J connectivity index is 2.05. The van der Waals surface area contributed by atoms with E-state index >= 15 is 0 Å². The first-order chi connectivity index (χ1) is 14.7. The minimum absolute atomic E-state index is 0.0313. The van der Waals surface area contributed by atoms with Crippen LogP contribution in [0.15, 0.2) is 30.4 Å². The van der Waals surface area contributed by atoms with Crippen LogP contribution in [-0.2, 0) is 20.7 Å². The first kappa shape index (κ1) is 27.0. The molecular weight excluding hydrogens is 487 g/mol. The van der Waals surface area contributed by atoms with Gasteiger partial charge in [-0.15, -0.1) is 0 Å². The fourth-order valence-corrected chi connectivity index (χ4v) is 5.17. The van der Waals surface area contributed by atoms with Crippen LogP contribution in [0.4, 0.5) is 0 Å². The predicted molar refractivity (Wildman–Crippen MR) is 134 cm³/mol. The third-order valence-electron chi connectivity index (χ3n) is 5.54. The largest absolute Gasteiger partial charge is 0.481 e. The molecule has 0 aromatic heterocycles. The molecule has 1 aromatic rings. The lowest BCUT2D eigenvalue weighted by molar-refractivity contribution is -0.136. The minimum Gasteiger partial charge on any atom is -0.481 e. The number of carbonyl (C=O) groups is 1. The Morgan fingerprint density at radius 3 is 1.93 bits per heavy atom. The lowest BCUT2D eigenvalue weighted by atomic mass is 10.0. The average Bonchev–Trinajstić information content (AvgIpc) is 2.73. The van der Waals surface area contributed by atoms with Crippen LogP contribution in [0.5, 0.6) is 0 Å². The van der Waals surface area contributed by atoms with Gasteiger partial charge in [-0.05, 0) is 49.7 Å². The third kappa shape index (κ3) is 13.3. The van der Waals surface area contributed by atoms with Crippen molar-refractivity contribution in [2.24, 2.45) is 0 Å². The Morgan fingerprint density at radius 1 is 0.833 bits per heavy atom. The highest BCUT2D eigenvalue weighted by molar-refractivity contribution is 14.1. The van der Waals surface area contributed by atoms with Crippen LogP contribution in [0.3, 0.4) is 0 Å². The molecule has 0 saturated heterocycles. The molecule has 0 unspecified atom stereocenters. The number of unbranched alkanes of at least 4 members (excludes halogenated alkanes) is 12. The Labute approximate surface area is 194 Å². The van der Waals surface area contributed by atoms with Gasteiger partial charge >= 0.3 is 5.97 Å². The van der Waals surface area contributed by atoms with Gasteiger partial charge in [-0.3, -0.25) is 7.86 Å². The maximum atomic E-state index is 11.6. The van der Waals surface area contributed by atoms with E-state index in [4.69, 9.17) is 5.11 Å². The van der Waals surface area contributed by atoms with Crippen LogP contribution in [-0.4, -0.2) is 11.1 Å². The van der Waals surface area contributed by atoms with Crippen LogP contribution in [0.25, 0.3) is 0 Å². The molecule has 1 aromatic carbocycles. The van der Waals surface area contributed by atoms with Gasteiger partial charge in [0, 0.05) is 0 Å². The van der Waals surface area contributed by atoms with Crippen LogP contribution in [0, 0.1) is 3.57 Å². The molecule has 0 aliphatic heterocycles. The molecule has 4 heteroatoms. The average molecular weight is 529 g/mol. The number of carboxylic acid groups (broad SMARTS) is 1. The topological polar surface area (TPSA) is 54.4 Å². The van der Waals surface area contributed by atoms with Crippen molar-refractivity contribution in [2.45, 2.75) is 110 Å². The number of aryl methyl sites for hydroxylation is 1. The Morgan fingerprint density at radius 2 is 1.37 bits per heavy atom. The number of hydrogen-bond acceptors (Lipinski definition) is 2. The highest BCUT2D eigenvalue weighted by Gasteiger charge is 2.11. The smallest absolute Gasteiger partial charge is 0.307 e. The summed E-state index contributed by atoms with van der Waals surface area (Å²) in [5.74, 6) is -0.860. The van der Waals surface area contributed by atoms with E-state index in [0.717, 1.165) is 27.5 Å². The summed E-state index contributed by atoms with van der Waals surface area (Å²) < 4.78 is 12.4. The fraction of sp³-hybridized carbons (Fsp3) is 0.654. The third-order valence-corrected chi connectivity index (χ3v) is 7.36.